The van der Waals surface area contributed by atoms with Crippen molar-refractivity contribution in [1.82, 2.24) is 4.68 Å². The lowest BCUT2D eigenvalue weighted by atomic mass is 10.1. The largest absolute Gasteiger partial charge is 0.494 e. The van der Waals surface area contributed by atoms with Crippen LogP contribution in [0.15, 0.2) is 66.7 Å². The van der Waals surface area contributed by atoms with Crippen LogP contribution >= 0.6 is 11.6 Å². The third-order valence-electron chi connectivity index (χ3n) is 5.47. The van der Waals surface area contributed by atoms with Crippen LogP contribution in [0.5, 0.6) is 5.75 Å². The summed E-state index contributed by atoms with van der Waals surface area (Å²) in [4.78, 5) is 38.6. The molecule has 0 unspecified atom stereocenters. The van der Waals surface area contributed by atoms with Crippen molar-refractivity contribution < 1.29 is 19.1 Å². The van der Waals surface area contributed by atoms with Crippen molar-refractivity contribution in [3.05, 3.63) is 88.6 Å². The van der Waals surface area contributed by atoms with E-state index in [1.54, 1.807) is 48.5 Å². The van der Waals surface area contributed by atoms with Crippen LogP contribution in [0.25, 0.3) is 10.9 Å². The molecule has 3 amide bonds. The molecule has 0 fully saturated rings. The molecule has 0 saturated carbocycles. The van der Waals surface area contributed by atoms with Gasteiger partial charge in [-0.15, -0.1) is 0 Å². The predicted octanol–water partition coefficient (Wildman–Crippen LogP) is 5.27. The van der Waals surface area contributed by atoms with Gasteiger partial charge in [-0.1, -0.05) is 29.3 Å². The summed E-state index contributed by atoms with van der Waals surface area (Å²) in [5.74, 6) is -1.65. The number of aryl methyl sites for hydroxylation is 2. The fraction of sp³-hybridized carbons (Fsp3) is 0.148. The summed E-state index contributed by atoms with van der Waals surface area (Å²) in [6.07, 6.45) is 0. The van der Waals surface area contributed by atoms with Crippen LogP contribution in [0, 0.1) is 13.8 Å². The summed E-state index contributed by atoms with van der Waals surface area (Å²) < 4.78 is 6.66. The summed E-state index contributed by atoms with van der Waals surface area (Å²) in [7, 11) is 0. The topological polar surface area (TPSA) is 101 Å². The number of carbonyl (C=O) groups excluding carboxylic acids is 3. The molecule has 1 aromatic heterocycles. The standard InChI is InChI=1S/C27H25ClN4O4/c1-4-36-21-9-7-20(8-10-21)29-26(34)27(35)31-32-23-12-6-19(28)14-18(23)15-24(32)25(33)30-22-11-5-16(2)13-17(22)3/h5-15H,4H2,1-3H3,(H,29,34)(H,30,33)(H,31,35). The van der Waals surface area contributed by atoms with Gasteiger partial charge in [0.05, 0.1) is 12.1 Å². The molecule has 0 saturated heterocycles. The molecule has 0 atom stereocenters. The van der Waals surface area contributed by atoms with Gasteiger partial charge in [0.2, 0.25) is 0 Å². The Kier molecular flexibility index (Phi) is 7.26. The fourth-order valence-corrected chi connectivity index (χ4v) is 3.94. The maximum Gasteiger partial charge on any atom is 0.328 e. The van der Waals surface area contributed by atoms with E-state index in [0.29, 0.717) is 39.7 Å². The summed E-state index contributed by atoms with van der Waals surface area (Å²) in [6, 6.07) is 18.9. The van der Waals surface area contributed by atoms with E-state index >= 15 is 0 Å². The number of ether oxygens (including phenoxy) is 1. The molecule has 4 rings (SSSR count). The van der Waals surface area contributed by atoms with E-state index in [-0.39, 0.29) is 5.69 Å². The number of nitrogens with zero attached hydrogens (tertiary/aromatic N) is 1. The zero-order valence-corrected chi connectivity index (χ0v) is 20.8. The number of hydrogen-bond donors (Lipinski definition) is 3. The summed E-state index contributed by atoms with van der Waals surface area (Å²) in [5, 5.41) is 6.51. The minimum Gasteiger partial charge on any atom is -0.494 e. The van der Waals surface area contributed by atoms with Crippen molar-refractivity contribution in [2.45, 2.75) is 20.8 Å². The minimum atomic E-state index is -0.947. The van der Waals surface area contributed by atoms with Gasteiger partial charge in [0, 0.05) is 21.8 Å². The second-order valence-corrected chi connectivity index (χ2v) is 8.63. The fourth-order valence-electron chi connectivity index (χ4n) is 3.76. The Morgan fingerprint density at radius 1 is 0.889 bits per heavy atom. The zero-order valence-electron chi connectivity index (χ0n) is 20.0. The summed E-state index contributed by atoms with van der Waals surface area (Å²) in [6.45, 7) is 6.25. The Bertz CT molecular complexity index is 1460. The Morgan fingerprint density at radius 2 is 1.64 bits per heavy atom. The molecule has 4 aromatic rings. The Hall–Kier alpha value is -4.30. The highest BCUT2D eigenvalue weighted by Crippen LogP contribution is 2.24. The van der Waals surface area contributed by atoms with E-state index in [4.69, 9.17) is 16.3 Å². The van der Waals surface area contributed by atoms with Crippen molar-refractivity contribution in [3.63, 3.8) is 0 Å². The van der Waals surface area contributed by atoms with Gasteiger partial charge in [0.1, 0.15) is 11.4 Å². The van der Waals surface area contributed by atoms with Gasteiger partial charge in [0.15, 0.2) is 0 Å². The number of anilines is 2. The number of rotatable bonds is 6. The number of nitrogens with one attached hydrogen (secondary N) is 3. The first kappa shape index (κ1) is 24.8. The third kappa shape index (κ3) is 5.50. The molecule has 0 radical (unpaired) electrons. The van der Waals surface area contributed by atoms with Crippen molar-refractivity contribution in [2.75, 3.05) is 22.7 Å². The molecule has 8 nitrogen and oxygen atoms in total. The molecule has 0 aliphatic heterocycles. The maximum absolute atomic E-state index is 13.2. The number of hydrogen-bond acceptors (Lipinski definition) is 4. The first-order valence-corrected chi connectivity index (χ1v) is 11.7. The van der Waals surface area contributed by atoms with Crippen LogP contribution in [0.3, 0.4) is 0 Å². The molecule has 184 valence electrons. The third-order valence-corrected chi connectivity index (χ3v) is 5.70. The van der Waals surface area contributed by atoms with E-state index in [9.17, 15) is 14.4 Å². The average molecular weight is 505 g/mol. The summed E-state index contributed by atoms with van der Waals surface area (Å²) in [5.41, 5.74) is 6.20. The zero-order chi connectivity index (χ0) is 25.8. The molecule has 36 heavy (non-hydrogen) atoms. The van der Waals surface area contributed by atoms with E-state index in [2.05, 4.69) is 16.1 Å². The monoisotopic (exact) mass is 504 g/mol. The van der Waals surface area contributed by atoms with Gasteiger partial charge in [-0.05, 0) is 80.9 Å². The van der Waals surface area contributed by atoms with Crippen LogP contribution in [0.2, 0.25) is 5.02 Å². The number of amides is 3. The van der Waals surface area contributed by atoms with Crippen molar-refractivity contribution >= 4 is 51.6 Å². The molecular formula is C27H25ClN4O4. The SMILES string of the molecule is CCOc1ccc(NC(=O)C(=O)Nn2c(C(=O)Nc3ccc(C)cc3C)cc3cc(Cl)ccc32)cc1. The maximum atomic E-state index is 13.2. The molecule has 0 aliphatic rings. The first-order chi connectivity index (χ1) is 17.2. The second-order valence-electron chi connectivity index (χ2n) is 8.19. The normalized spacial score (nSPS) is 10.7. The molecule has 3 N–H and O–H groups in total. The van der Waals surface area contributed by atoms with Crippen molar-refractivity contribution in [1.29, 1.82) is 0 Å². The van der Waals surface area contributed by atoms with Crippen molar-refractivity contribution in [2.24, 2.45) is 0 Å². The van der Waals surface area contributed by atoms with Gasteiger partial charge in [0.25, 0.3) is 5.91 Å². The molecule has 0 spiro atoms. The quantitative estimate of drug-likeness (QED) is 0.311. The van der Waals surface area contributed by atoms with Gasteiger partial charge in [-0.25, -0.2) is 4.68 Å². The molecule has 9 heteroatoms. The average Bonchev–Trinajstić information content (AvgIpc) is 3.19. The number of halogens is 1. The van der Waals surface area contributed by atoms with E-state index in [1.807, 2.05) is 39.0 Å². The highest BCUT2D eigenvalue weighted by molar-refractivity contribution is 6.42. The molecule has 3 aromatic carbocycles. The number of benzene rings is 3. The van der Waals surface area contributed by atoms with E-state index in [1.165, 1.54) is 4.68 Å². The van der Waals surface area contributed by atoms with Gasteiger partial charge in [-0.2, -0.15) is 0 Å². The lowest BCUT2D eigenvalue weighted by molar-refractivity contribution is -0.133. The molecule has 0 aliphatic carbocycles. The van der Waals surface area contributed by atoms with Crippen LogP contribution in [0.1, 0.15) is 28.5 Å². The second kappa shape index (κ2) is 10.5. The van der Waals surface area contributed by atoms with Gasteiger partial charge >= 0.3 is 11.8 Å². The summed E-state index contributed by atoms with van der Waals surface area (Å²) >= 11 is 6.13. The first-order valence-electron chi connectivity index (χ1n) is 11.3. The predicted molar refractivity (Wildman–Crippen MR) is 141 cm³/mol. The Labute approximate surface area is 213 Å². The number of aromatic nitrogens is 1. The van der Waals surface area contributed by atoms with E-state index in [0.717, 1.165) is 11.1 Å². The van der Waals surface area contributed by atoms with Gasteiger partial charge < -0.3 is 15.4 Å². The minimum absolute atomic E-state index is 0.134. The van der Waals surface area contributed by atoms with E-state index < -0.39 is 17.7 Å². The van der Waals surface area contributed by atoms with Crippen LogP contribution in [0.4, 0.5) is 11.4 Å². The highest BCUT2D eigenvalue weighted by atomic mass is 35.5. The van der Waals surface area contributed by atoms with Crippen LogP contribution in [-0.2, 0) is 9.59 Å². The van der Waals surface area contributed by atoms with Crippen LogP contribution < -0.4 is 20.8 Å². The lowest BCUT2D eigenvalue weighted by Gasteiger charge is -2.14. The lowest BCUT2D eigenvalue weighted by Crippen LogP contribution is -2.36. The molecule has 1 heterocycles. The smallest absolute Gasteiger partial charge is 0.328 e. The molecular weight excluding hydrogens is 480 g/mol. The Balaban J connectivity index is 1.58. The van der Waals surface area contributed by atoms with Crippen molar-refractivity contribution in [3.8, 4) is 5.75 Å². The number of fused-ring (bicyclic) bond motifs is 1. The Morgan fingerprint density at radius 3 is 2.33 bits per heavy atom. The highest BCUT2D eigenvalue weighted by Gasteiger charge is 2.21. The van der Waals surface area contributed by atoms with Gasteiger partial charge in [-0.3, -0.25) is 19.8 Å². The molecule has 0 bridgehead atoms. The van der Waals surface area contributed by atoms with Crippen LogP contribution in [-0.4, -0.2) is 29.0 Å². The number of carbonyl (C=O) groups is 3.